The Kier molecular flexibility index (Phi) is 7.87. The SMILES string of the molecule is CCNC(=NCCc1noc(-c2ccccn2)n1)NC1CCCN(C2CCCCC2)C1. The molecule has 1 aliphatic carbocycles. The standard InChI is InChI=1S/C23H35N7O/c1-2-24-23(27-18-9-8-16-30(17-18)19-10-4-3-5-11-19)26-15-13-21-28-22(31-29-21)20-12-6-7-14-25-20/h6-7,12,14,18-19H,2-5,8-11,13,15-17H2,1H3,(H2,24,26,27). The molecule has 1 aliphatic heterocycles. The van der Waals surface area contributed by atoms with Crippen LogP contribution in [-0.2, 0) is 6.42 Å². The van der Waals surface area contributed by atoms with Crippen molar-refractivity contribution in [3.8, 4) is 11.6 Å². The van der Waals surface area contributed by atoms with Crippen LogP contribution in [0.4, 0.5) is 0 Å². The number of hydrogen-bond acceptors (Lipinski definition) is 6. The van der Waals surface area contributed by atoms with Crippen LogP contribution in [0.15, 0.2) is 33.9 Å². The number of pyridine rings is 1. The lowest BCUT2D eigenvalue weighted by Gasteiger charge is -2.40. The summed E-state index contributed by atoms with van der Waals surface area (Å²) in [5.74, 6) is 1.99. The predicted octanol–water partition coefficient (Wildman–Crippen LogP) is 3.03. The summed E-state index contributed by atoms with van der Waals surface area (Å²) < 4.78 is 5.34. The van der Waals surface area contributed by atoms with Crippen LogP contribution in [-0.4, -0.2) is 64.2 Å². The molecular weight excluding hydrogens is 390 g/mol. The maximum absolute atomic E-state index is 5.34. The minimum absolute atomic E-state index is 0.453. The van der Waals surface area contributed by atoms with Crippen molar-refractivity contribution in [3.05, 3.63) is 30.2 Å². The number of nitrogens with zero attached hydrogens (tertiary/aromatic N) is 5. The Morgan fingerprint density at radius 2 is 2.10 bits per heavy atom. The molecule has 2 aliphatic rings. The molecule has 2 fully saturated rings. The quantitative estimate of drug-likeness (QED) is 0.520. The van der Waals surface area contributed by atoms with E-state index in [4.69, 9.17) is 9.52 Å². The van der Waals surface area contributed by atoms with E-state index < -0.39 is 0 Å². The first-order valence-corrected chi connectivity index (χ1v) is 11.8. The normalized spacial score (nSPS) is 21.2. The number of piperidine rings is 1. The molecule has 2 aromatic heterocycles. The van der Waals surface area contributed by atoms with Crippen LogP contribution in [0.5, 0.6) is 0 Å². The van der Waals surface area contributed by atoms with E-state index in [1.54, 1.807) is 6.20 Å². The molecule has 0 spiro atoms. The van der Waals surface area contributed by atoms with Crippen molar-refractivity contribution < 1.29 is 4.52 Å². The molecule has 3 heterocycles. The average Bonchev–Trinajstić information content (AvgIpc) is 3.30. The Hall–Kier alpha value is -2.48. The molecule has 0 amide bonds. The molecule has 0 bridgehead atoms. The minimum Gasteiger partial charge on any atom is -0.357 e. The van der Waals surface area contributed by atoms with Gasteiger partial charge in [-0.15, -0.1) is 0 Å². The van der Waals surface area contributed by atoms with Crippen LogP contribution < -0.4 is 10.6 Å². The Balaban J connectivity index is 1.29. The van der Waals surface area contributed by atoms with E-state index in [1.807, 2.05) is 18.2 Å². The van der Waals surface area contributed by atoms with E-state index in [1.165, 1.54) is 51.5 Å². The second-order valence-corrected chi connectivity index (χ2v) is 8.51. The lowest BCUT2D eigenvalue weighted by atomic mass is 9.92. The first-order chi connectivity index (χ1) is 15.3. The zero-order chi connectivity index (χ0) is 21.3. The fourth-order valence-corrected chi connectivity index (χ4v) is 4.63. The molecule has 2 N–H and O–H groups in total. The summed E-state index contributed by atoms with van der Waals surface area (Å²) in [4.78, 5) is 16.2. The number of hydrogen-bond donors (Lipinski definition) is 2. The highest BCUT2D eigenvalue weighted by Gasteiger charge is 2.27. The number of likely N-dealkylation sites (tertiary alicyclic amines) is 1. The molecule has 0 radical (unpaired) electrons. The van der Waals surface area contributed by atoms with Crippen LogP contribution in [0.3, 0.4) is 0 Å². The van der Waals surface area contributed by atoms with Gasteiger partial charge in [0.1, 0.15) is 5.69 Å². The summed E-state index contributed by atoms with van der Waals surface area (Å²) in [6, 6.07) is 6.87. The Labute approximate surface area is 184 Å². The molecule has 1 atom stereocenters. The van der Waals surface area contributed by atoms with Gasteiger partial charge in [-0.3, -0.25) is 14.9 Å². The topological polar surface area (TPSA) is 91.5 Å². The summed E-state index contributed by atoms with van der Waals surface area (Å²) in [6.45, 7) is 5.91. The van der Waals surface area contributed by atoms with Crippen LogP contribution in [0.25, 0.3) is 11.6 Å². The third-order valence-electron chi connectivity index (χ3n) is 6.19. The van der Waals surface area contributed by atoms with Crippen molar-refractivity contribution in [2.45, 2.75) is 70.4 Å². The molecule has 2 aromatic rings. The zero-order valence-corrected chi connectivity index (χ0v) is 18.6. The van der Waals surface area contributed by atoms with Crippen LogP contribution >= 0.6 is 0 Å². The summed E-state index contributed by atoms with van der Waals surface area (Å²) in [6.07, 6.45) is 11.7. The summed E-state index contributed by atoms with van der Waals surface area (Å²) in [5, 5.41) is 11.1. The van der Waals surface area contributed by atoms with Crippen molar-refractivity contribution in [2.75, 3.05) is 26.2 Å². The van der Waals surface area contributed by atoms with E-state index >= 15 is 0 Å². The molecule has 1 saturated carbocycles. The number of aromatic nitrogens is 3. The van der Waals surface area contributed by atoms with Gasteiger partial charge in [0, 0.05) is 44.3 Å². The highest BCUT2D eigenvalue weighted by Crippen LogP contribution is 2.25. The summed E-state index contributed by atoms with van der Waals surface area (Å²) in [7, 11) is 0. The molecule has 0 aromatic carbocycles. The zero-order valence-electron chi connectivity index (χ0n) is 18.6. The molecule has 8 nitrogen and oxygen atoms in total. The van der Waals surface area contributed by atoms with Gasteiger partial charge < -0.3 is 15.2 Å². The number of guanidine groups is 1. The van der Waals surface area contributed by atoms with Gasteiger partial charge in [0.05, 0.1) is 0 Å². The Bertz CT molecular complexity index is 816. The fraction of sp³-hybridized carbons (Fsp3) is 0.652. The lowest BCUT2D eigenvalue weighted by molar-refractivity contribution is 0.115. The van der Waals surface area contributed by atoms with E-state index in [-0.39, 0.29) is 0 Å². The van der Waals surface area contributed by atoms with Gasteiger partial charge in [0.25, 0.3) is 5.89 Å². The van der Waals surface area contributed by atoms with Gasteiger partial charge in [0.15, 0.2) is 11.8 Å². The fourth-order valence-electron chi connectivity index (χ4n) is 4.63. The van der Waals surface area contributed by atoms with Crippen molar-refractivity contribution in [1.82, 2.24) is 30.7 Å². The number of nitrogens with one attached hydrogen (secondary N) is 2. The van der Waals surface area contributed by atoms with Gasteiger partial charge in [-0.2, -0.15) is 4.98 Å². The maximum Gasteiger partial charge on any atom is 0.276 e. The molecule has 1 saturated heterocycles. The van der Waals surface area contributed by atoms with Gasteiger partial charge in [-0.05, 0) is 51.3 Å². The Morgan fingerprint density at radius 1 is 1.19 bits per heavy atom. The van der Waals surface area contributed by atoms with Crippen LogP contribution in [0.2, 0.25) is 0 Å². The molecular formula is C23H35N7O. The third kappa shape index (κ3) is 6.26. The first kappa shape index (κ1) is 21.7. The van der Waals surface area contributed by atoms with Crippen LogP contribution in [0.1, 0.15) is 57.7 Å². The monoisotopic (exact) mass is 425 g/mol. The molecule has 4 rings (SSSR count). The first-order valence-electron chi connectivity index (χ1n) is 11.8. The van der Waals surface area contributed by atoms with Gasteiger partial charge >= 0.3 is 0 Å². The highest BCUT2D eigenvalue weighted by atomic mass is 16.5. The largest absolute Gasteiger partial charge is 0.357 e. The van der Waals surface area contributed by atoms with Crippen molar-refractivity contribution in [2.24, 2.45) is 4.99 Å². The van der Waals surface area contributed by atoms with Gasteiger partial charge in [0.2, 0.25) is 0 Å². The predicted molar refractivity (Wildman–Crippen MR) is 122 cm³/mol. The molecule has 8 heteroatoms. The van der Waals surface area contributed by atoms with Gasteiger partial charge in [-0.1, -0.05) is 30.5 Å². The Morgan fingerprint density at radius 3 is 2.90 bits per heavy atom. The smallest absolute Gasteiger partial charge is 0.276 e. The maximum atomic E-state index is 5.34. The van der Waals surface area contributed by atoms with Crippen molar-refractivity contribution >= 4 is 5.96 Å². The number of aliphatic imine (C=N–C) groups is 1. The van der Waals surface area contributed by atoms with E-state index in [9.17, 15) is 0 Å². The molecule has 168 valence electrons. The van der Waals surface area contributed by atoms with Gasteiger partial charge in [-0.25, -0.2) is 0 Å². The number of rotatable bonds is 7. The second kappa shape index (κ2) is 11.2. The summed E-state index contributed by atoms with van der Waals surface area (Å²) >= 11 is 0. The highest BCUT2D eigenvalue weighted by molar-refractivity contribution is 5.80. The summed E-state index contributed by atoms with van der Waals surface area (Å²) in [5.41, 5.74) is 0.694. The molecule has 1 unspecified atom stereocenters. The van der Waals surface area contributed by atoms with Crippen molar-refractivity contribution in [1.29, 1.82) is 0 Å². The average molecular weight is 426 g/mol. The van der Waals surface area contributed by atoms with Crippen molar-refractivity contribution in [3.63, 3.8) is 0 Å². The van der Waals surface area contributed by atoms with E-state index in [0.717, 1.165) is 25.1 Å². The minimum atomic E-state index is 0.453. The van der Waals surface area contributed by atoms with E-state index in [2.05, 4.69) is 37.6 Å². The molecule has 31 heavy (non-hydrogen) atoms. The lowest BCUT2D eigenvalue weighted by Crippen LogP contribution is -2.53. The van der Waals surface area contributed by atoms with Crippen LogP contribution in [0, 0.1) is 0 Å². The van der Waals surface area contributed by atoms with E-state index in [0.29, 0.717) is 36.4 Å². The second-order valence-electron chi connectivity index (χ2n) is 8.51. The third-order valence-corrected chi connectivity index (χ3v) is 6.19.